The van der Waals surface area contributed by atoms with Crippen molar-refractivity contribution in [3.05, 3.63) is 17.5 Å². The average Bonchev–Trinajstić information content (AvgIpc) is 2.74. The van der Waals surface area contributed by atoms with Gasteiger partial charge in [-0.3, -0.25) is 9.58 Å². The summed E-state index contributed by atoms with van der Waals surface area (Å²) in [5, 5.41) is 4.21. The van der Waals surface area contributed by atoms with Crippen molar-refractivity contribution in [1.82, 2.24) is 14.7 Å². The largest absolute Gasteiger partial charge is 0.462 e. The van der Waals surface area contributed by atoms with Crippen molar-refractivity contribution in [1.29, 1.82) is 0 Å². The molecule has 0 radical (unpaired) electrons. The maximum Gasteiger partial charge on any atom is 0.341 e. The lowest BCUT2D eigenvalue weighted by atomic mass is 9.85. The van der Waals surface area contributed by atoms with Crippen LogP contribution < -0.4 is 0 Å². The van der Waals surface area contributed by atoms with E-state index in [1.54, 1.807) is 10.9 Å². The fourth-order valence-electron chi connectivity index (χ4n) is 2.59. The molecule has 5 heteroatoms. The predicted molar refractivity (Wildman–Crippen MR) is 77.5 cm³/mol. The van der Waals surface area contributed by atoms with Crippen LogP contribution in [0.25, 0.3) is 0 Å². The summed E-state index contributed by atoms with van der Waals surface area (Å²) in [4.78, 5) is 14.3. The third kappa shape index (κ3) is 3.39. The molecule has 0 spiro atoms. The molecule has 0 atom stereocenters. The van der Waals surface area contributed by atoms with Crippen LogP contribution in [0.3, 0.4) is 0 Å². The molecular weight excluding hydrogens is 254 g/mol. The van der Waals surface area contributed by atoms with E-state index in [4.69, 9.17) is 4.74 Å². The Hall–Kier alpha value is -1.36. The average molecular weight is 279 g/mol. The number of rotatable bonds is 7. The Kier molecular flexibility index (Phi) is 5.17. The highest BCUT2D eigenvalue weighted by Gasteiger charge is 2.23. The van der Waals surface area contributed by atoms with Gasteiger partial charge in [-0.15, -0.1) is 0 Å². The van der Waals surface area contributed by atoms with Crippen molar-refractivity contribution in [2.75, 3.05) is 19.7 Å². The standard InChI is InChI=1S/C15H25N3O2/c1-4-18(10-12-7-6-8-12)11-14-13(9-16-17(14)3)15(19)20-5-2/h9,12H,4-8,10-11H2,1-3H3. The van der Waals surface area contributed by atoms with Crippen LogP contribution in [0.5, 0.6) is 0 Å². The van der Waals surface area contributed by atoms with E-state index in [-0.39, 0.29) is 5.97 Å². The number of aromatic nitrogens is 2. The zero-order valence-electron chi connectivity index (χ0n) is 12.8. The molecule has 1 fully saturated rings. The molecule has 0 aromatic carbocycles. The summed E-state index contributed by atoms with van der Waals surface area (Å²) in [6, 6.07) is 0. The minimum atomic E-state index is -0.268. The first-order valence-electron chi connectivity index (χ1n) is 7.56. The fraction of sp³-hybridized carbons (Fsp3) is 0.733. The summed E-state index contributed by atoms with van der Waals surface area (Å²) in [5.41, 5.74) is 1.55. The molecule has 0 aliphatic heterocycles. The summed E-state index contributed by atoms with van der Waals surface area (Å²) in [6.45, 7) is 7.25. The maximum atomic E-state index is 11.9. The van der Waals surface area contributed by atoms with E-state index in [9.17, 15) is 4.79 Å². The molecule has 1 saturated carbocycles. The van der Waals surface area contributed by atoms with Crippen LogP contribution in [0.15, 0.2) is 6.20 Å². The molecule has 0 saturated heterocycles. The highest BCUT2D eigenvalue weighted by Crippen LogP contribution is 2.27. The first kappa shape index (κ1) is 15.0. The maximum absolute atomic E-state index is 11.9. The van der Waals surface area contributed by atoms with E-state index >= 15 is 0 Å². The molecule has 1 aliphatic carbocycles. The molecule has 0 unspecified atom stereocenters. The summed E-state index contributed by atoms with van der Waals surface area (Å²) >= 11 is 0. The van der Waals surface area contributed by atoms with Gasteiger partial charge in [0.05, 0.1) is 18.5 Å². The predicted octanol–water partition coefficient (Wildman–Crippen LogP) is 2.22. The van der Waals surface area contributed by atoms with Crippen molar-refractivity contribution in [2.24, 2.45) is 13.0 Å². The van der Waals surface area contributed by atoms with Crippen LogP contribution in [-0.2, 0) is 18.3 Å². The van der Waals surface area contributed by atoms with E-state index in [0.29, 0.717) is 12.2 Å². The Labute approximate surface area is 120 Å². The van der Waals surface area contributed by atoms with Crippen LogP contribution in [0.2, 0.25) is 0 Å². The summed E-state index contributed by atoms with van der Waals surface area (Å²) in [5.74, 6) is 0.560. The zero-order valence-corrected chi connectivity index (χ0v) is 12.8. The number of ether oxygens (including phenoxy) is 1. The van der Waals surface area contributed by atoms with Crippen molar-refractivity contribution in [3.63, 3.8) is 0 Å². The van der Waals surface area contributed by atoms with Gasteiger partial charge >= 0.3 is 5.97 Å². The molecular formula is C15H25N3O2. The minimum Gasteiger partial charge on any atom is -0.462 e. The molecule has 1 aromatic rings. The van der Waals surface area contributed by atoms with Crippen molar-refractivity contribution in [3.8, 4) is 0 Å². The van der Waals surface area contributed by atoms with Gasteiger partial charge in [0.1, 0.15) is 5.56 Å². The summed E-state index contributed by atoms with van der Waals surface area (Å²) in [7, 11) is 1.88. The number of nitrogens with zero attached hydrogens (tertiary/aromatic N) is 3. The second-order valence-corrected chi connectivity index (χ2v) is 5.47. The van der Waals surface area contributed by atoms with Crippen LogP contribution in [0.4, 0.5) is 0 Å². The third-order valence-corrected chi connectivity index (χ3v) is 4.12. The van der Waals surface area contributed by atoms with E-state index in [2.05, 4.69) is 16.9 Å². The molecule has 2 rings (SSSR count). The molecule has 0 N–H and O–H groups in total. The zero-order chi connectivity index (χ0) is 14.5. The molecule has 5 nitrogen and oxygen atoms in total. The molecule has 0 amide bonds. The van der Waals surface area contributed by atoms with Crippen LogP contribution >= 0.6 is 0 Å². The van der Waals surface area contributed by atoms with E-state index < -0.39 is 0 Å². The van der Waals surface area contributed by atoms with Gasteiger partial charge < -0.3 is 4.74 Å². The second-order valence-electron chi connectivity index (χ2n) is 5.47. The van der Waals surface area contributed by atoms with Gasteiger partial charge in [0, 0.05) is 20.1 Å². The van der Waals surface area contributed by atoms with Crippen LogP contribution in [0.1, 0.15) is 49.2 Å². The lowest BCUT2D eigenvalue weighted by Crippen LogP contribution is -2.33. The van der Waals surface area contributed by atoms with Gasteiger partial charge in [0.25, 0.3) is 0 Å². The molecule has 1 heterocycles. The van der Waals surface area contributed by atoms with E-state index in [1.807, 2.05) is 14.0 Å². The lowest BCUT2D eigenvalue weighted by molar-refractivity contribution is 0.0523. The van der Waals surface area contributed by atoms with E-state index in [0.717, 1.165) is 31.2 Å². The van der Waals surface area contributed by atoms with Gasteiger partial charge in [-0.25, -0.2) is 4.79 Å². The summed E-state index contributed by atoms with van der Waals surface area (Å²) in [6.07, 6.45) is 5.66. The SMILES string of the molecule is CCOC(=O)c1cnn(C)c1CN(CC)CC1CCC1. The van der Waals surface area contributed by atoms with Gasteiger partial charge in [0.2, 0.25) is 0 Å². The molecule has 20 heavy (non-hydrogen) atoms. The fourth-order valence-corrected chi connectivity index (χ4v) is 2.59. The monoisotopic (exact) mass is 279 g/mol. The van der Waals surface area contributed by atoms with Gasteiger partial charge in [-0.2, -0.15) is 5.10 Å². The molecule has 0 bridgehead atoms. The van der Waals surface area contributed by atoms with Crippen LogP contribution in [0, 0.1) is 5.92 Å². The number of carbonyl (C=O) groups excluding carboxylic acids is 1. The summed E-state index contributed by atoms with van der Waals surface area (Å²) < 4.78 is 6.89. The minimum absolute atomic E-state index is 0.268. The first-order chi connectivity index (χ1) is 9.65. The number of hydrogen-bond donors (Lipinski definition) is 0. The lowest BCUT2D eigenvalue weighted by Gasteiger charge is -2.31. The Balaban J connectivity index is 2.06. The van der Waals surface area contributed by atoms with Crippen molar-refractivity contribution in [2.45, 2.75) is 39.7 Å². The number of hydrogen-bond acceptors (Lipinski definition) is 4. The number of aryl methyl sites for hydroxylation is 1. The van der Waals surface area contributed by atoms with Crippen molar-refractivity contribution < 1.29 is 9.53 Å². The van der Waals surface area contributed by atoms with Gasteiger partial charge in [0.15, 0.2) is 0 Å². The molecule has 1 aliphatic rings. The quantitative estimate of drug-likeness (QED) is 0.718. The highest BCUT2D eigenvalue weighted by atomic mass is 16.5. The Bertz CT molecular complexity index is 452. The van der Waals surface area contributed by atoms with Crippen LogP contribution in [-0.4, -0.2) is 40.3 Å². The topological polar surface area (TPSA) is 47.4 Å². The van der Waals surface area contributed by atoms with E-state index in [1.165, 1.54) is 19.3 Å². The molecule has 112 valence electrons. The highest BCUT2D eigenvalue weighted by molar-refractivity contribution is 5.90. The Morgan fingerprint density at radius 2 is 2.25 bits per heavy atom. The first-order valence-corrected chi connectivity index (χ1v) is 7.56. The Morgan fingerprint density at radius 1 is 1.50 bits per heavy atom. The third-order valence-electron chi connectivity index (χ3n) is 4.12. The second kappa shape index (κ2) is 6.88. The normalized spacial score (nSPS) is 15.4. The van der Waals surface area contributed by atoms with Gasteiger partial charge in [-0.05, 0) is 32.2 Å². The molecule has 1 aromatic heterocycles. The van der Waals surface area contributed by atoms with Gasteiger partial charge in [-0.1, -0.05) is 13.3 Å². The Morgan fingerprint density at radius 3 is 2.80 bits per heavy atom. The van der Waals surface area contributed by atoms with Crippen molar-refractivity contribution >= 4 is 5.97 Å². The smallest absolute Gasteiger partial charge is 0.341 e. The number of carbonyl (C=O) groups is 1. The number of esters is 1.